The highest BCUT2D eigenvalue weighted by atomic mass is 35.5. The molecule has 0 unspecified atom stereocenters. The minimum Gasteiger partial charge on any atom is -0.316 e. The van der Waals surface area contributed by atoms with Crippen LogP contribution in [-0.4, -0.2) is 44.4 Å². The van der Waals surface area contributed by atoms with Crippen molar-refractivity contribution < 1.29 is 8.42 Å². The molecule has 4 nitrogen and oxygen atoms in total. The lowest BCUT2D eigenvalue weighted by Gasteiger charge is -2.20. The van der Waals surface area contributed by atoms with Crippen molar-refractivity contribution >= 4 is 33.4 Å². The Balaban J connectivity index is 2.30. The van der Waals surface area contributed by atoms with E-state index < -0.39 is 10.0 Å². The monoisotopic (exact) mass is 334 g/mol. The Hall–Kier alpha value is -0.270. The van der Waals surface area contributed by atoms with E-state index in [0.29, 0.717) is 29.6 Å². The van der Waals surface area contributed by atoms with E-state index in [1.165, 1.54) is 0 Å². The normalized spacial score (nSPS) is 17.9. The molecule has 0 aliphatic carbocycles. The number of halogens is 1. The minimum absolute atomic E-state index is 0.332. The third kappa shape index (κ3) is 3.68. The Bertz CT molecular complexity index is 555. The topological polar surface area (TPSA) is 49.4 Å². The van der Waals surface area contributed by atoms with E-state index in [1.54, 1.807) is 22.5 Å². The van der Waals surface area contributed by atoms with E-state index in [1.807, 2.05) is 18.8 Å². The fraction of sp³-hybridized carbons (Fsp3) is 0.538. The third-order valence-corrected chi connectivity index (χ3v) is 6.52. The first-order chi connectivity index (χ1) is 9.55. The van der Waals surface area contributed by atoms with Gasteiger partial charge < -0.3 is 5.32 Å². The average Bonchev–Trinajstić information content (AvgIpc) is 2.70. The van der Waals surface area contributed by atoms with Gasteiger partial charge in [0.2, 0.25) is 10.0 Å². The molecule has 7 heteroatoms. The van der Waals surface area contributed by atoms with Gasteiger partial charge in [-0.3, -0.25) is 0 Å². The van der Waals surface area contributed by atoms with E-state index in [4.69, 9.17) is 11.6 Å². The summed E-state index contributed by atoms with van der Waals surface area (Å²) in [6, 6.07) is 4.93. The smallest absolute Gasteiger partial charge is 0.243 e. The van der Waals surface area contributed by atoms with Gasteiger partial charge in [-0.1, -0.05) is 11.6 Å². The van der Waals surface area contributed by atoms with E-state index in [-0.39, 0.29) is 0 Å². The van der Waals surface area contributed by atoms with Crippen molar-refractivity contribution in [3.63, 3.8) is 0 Å². The summed E-state index contributed by atoms with van der Waals surface area (Å²) in [6.45, 7) is 1.73. The molecule has 1 saturated heterocycles. The number of nitrogens with one attached hydrogen (secondary N) is 1. The third-order valence-electron chi connectivity index (χ3n) is 3.20. The number of benzene rings is 1. The molecule has 1 fully saturated rings. The number of hydrogen-bond acceptors (Lipinski definition) is 4. The molecular weight excluding hydrogens is 316 g/mol. The Kier molecular flexibility index (Phi) is 5.74. The predicted molar refractivity (Wildman–Crippen MR) is 84.9 cm³/mol. The lowest BCUT2D eigenvalue weighted by Crippen LogP contribution is -2.33. The molecule has 1 aromatic rings. The summed E-state index contributed by atoms with van der Waals surface area (Å²) in [6.07, 6.45) is 0.904. The van der Waals surface area contributed by atoms with Gasteiger partial charge in [-0.05, 0) is 43.0 Å². The fourth-order valence-corrected chi connectivity index (χ4v) is 4.87. The summed E-state index contributed by atoms with van der Waals surface area (Å²) in [4.78, 5) is 0.332. The molecule has 0 saturated carbocycles. The number of rotatable bonds is 4. The summed E-state index contributed by atoms with van der Waals surface area (Å²) in [5, 5.41) is 3.58. The number of hydrogen-bond donors (Lipinski definition) is 1. The van der Waals surface area contributed by atoms with Gasteiger partial charge in [-0.2, -0.15) is 16.1 Å². The van der Waals surface area contributed by atoms with Crippen molar-refractivity contribution in [3.8, 4) is 0 Å². The number of sulfonamides is 1. The van der Waals surface area contributed by atoms with Crippen molar-refractivity contribution in [1.82, 2.24) is 9.62 Å². The zero-order valence-electron chi connectivity index (χ0n) is 11.4. The lowest BCUT2D eigenvalue weighted by atomic mass is 10.2. The molecule has 0 bridgehead atoms. The van der Waals surface area contributed by atoms with Crippen molar-refractivity contribution in [3.05, 3.63) is 28.8 Å². The summed E-state index contributed by atoms with van der Waals surface area (Å²) in [7, 11) is -1.60. The summed E-state index contributed by atoms with van der Waals surface area (Å²) in [5.41, 5.74) is 0.805. The van der Waals surface area contributed by atoms with Gasteiger partial charge in [0.05, 0.1) is 4.90 Å². The summed E-state index contributed by atoms with van der Waals surface area (Å²) >= 11 is 7.89. The Morgan fingerprint density at radius 2 is 2.15 bits per heavy atom. The Morgan fingerprint density at radius 3 is 2.90 bits per heavy atom. The van der Waals surface area contributed by atoms with E-state index in [9.17, 15) is 8.42 Å². The highest BCUT2D eigenvalue weighted by Gasteiger charge is 2.25. The quantitative estimate of drug-likeness (QED) is 0.917. The van der Waals surface area contributed by atoms with Crippen molar-refractivity contribution in [2.45, 2.75) is 17.9 Å². The molecule has 1 N–H and O–H groups in total. The van der Waals surface area contributed by atoms with Gasteiger partial charge in [0.25, 0.3) is 0 Å². The zero-order chi connectivity index (χ0) is 14.6. The molecule has 0 spiro atoms. The predicted octanol–water partition coefficient (Wildman–Crippen LogP) is 2.19. The zero-order valence-corrected chi connectivity index (χ0v) is 13.8. The van der Waals surface area contributed by atoms with Crippen LogP contribution in [0.3, 0.4) is 0 Å². The van der Waals surface area contributed by atoms with Crippen molar-refractivity contribution in [2.24, 2.45) is 0 Å². The van der Waals surface area contributed by atoms with Crippen LogP contribution in [0.5, 0.6) is 0 Å². The summed E-state index contributed by atoms with van der Waals surface area (Å²) < 4.78 is 26.9. The van der Waals surface area contributed by atoms with Gasteiger partial charge in [-0.25, -0.2) is 8.42 Å². The second kappa shape index (κ2) is 7.13. The van der Waals surface area contributed by atoms with Gasteiger partial charge >= 0.3 is 0 Å². The molecule has 0 amide bonds. The van der Waals surface area contributed by atoms with Gasteiger partial charge in [0.15, 0.2) is 0 Å². The van der Waals surface area contributed by atoms with Gasteiger partial charge in [-0.15, -0.1) is 0 Å². The number of nitrogens with zero attached hydrogens (tertiary/aromatic N) is 1. The van der Waals surface area contributed by atoms with Crippen LogP contribution in [0.15, 0.2) is 23.1 Å². The molecule has 1 heterocycles. The van der Waals surface area contributed by atoms with Crippen LogP contribution in [0.1, 0.15) is 12.0 Å². The standard InChI is InChI=1S/C13H19ClN2O2S2/c1-15-10-11-9-12(3-4-13(11)14)20(17,18)16-5-2-7-19-8-6-16/h3-4,9,15H,2,5-8,10H2,1H3. The van der Waals surface area contributed by atoms with Crippen molar-refractivity contribution in [1.29, 1.82) is 0 Å². The molecular formula is C13H19ClN2O2S2. The SMILES string of the molecule is CNCc1cc(S(=O)(=O)N2CCCSCC2)ccc1Cl. The minimum atomic E-state index is -3.41. The molecule has 1 aliphatic heterocycles. The van der Waals surface area contributed by atoms with Crippen LogP contribution in [0.25, 0.3) is 0 Å². The van der Waals surface area contributed by atoms with Crippen LogP contribution in [0, 0.1) is 0 Å². The number of thioether (sulfide) groups is 1. The first-order valence-electron chi connectivity index (χ1n) is 6.56. The largest absolute Gasteiger partial charge is 0.316 e. The highest BCUT2D eigenvalue weighted by Crippen LogP contribution is 2.24. The highest BCUT2D eigenvalue weighted by molar-refractivity contribution is 7.99. The first-order valence-corrected chi connectivity index (χ1v) is 9.54. The molecule has 0 aromatic heterocycles. The van der Waals surface area contributed by atoms with Crippen molar-refractivity contribution in [2.75, 3.05) is 31.6 Å². The second-order valence-electron chi connectivity index (χ2n) is 4.65. The first kappa shape index (κ1) is 16.1. The fourth-order valence-electron chi connectivity index (χ4n) is 2.15. The summed E-state index contributed by atoms with van der Waals surface area (Å²) in [5.74, 6) is 1.88. The Morgan fingerprint density at radius 1 is 1.35 bits per heavy atom. The maximum absolute atomic E-state index is 12.7. The van der Waals surface area contributed by atoms with E-state index in [2.05, 4.69) is 5.32 Å². The molecule has 1 aliphatic rings. The molecule has 2 rings (SSSR count). The maximum atomic E-state index is 12.7. The molecule has 1 aromatic carbocycles. The molecule has 0 atom stereocenters. The second-order valence-corrected chi connectivity index (χ2v) is 8.22. The maximum Gasteiger partial charge on any atom is 0.243 e. The average molecular weight is 335 g/mol. The van der Waals surface area contributed by atoms with Crippen LogP contribution in [0.2, 0.25) is 5.02 Å². The molecule has 0 radical (unpaired) electrons. The lowest BCUT2D eigenvalue weighted by molar-refractivity contribution is 0.435. The van der Waals surface area contributed by atoms with E-state index in [0.717, 1.165) is 23.5 Å². The van der Waals surface area contributed by atoms with E-state index >= 15 is 0 Å². The molecule has 112 valence electrons. The van der Waals surface area contributed by atoms with Crippen LogP contribution >= 0.6 is 23.4 Å². The van der Waals surface area contributed by atoms with Crippen LogP contribution in [0.4, 0.5) is 0 Å². The Labute approximate surface area is 129 Å². The van der Waals surface area contributed by atoms with Gasteiger partial charge in [0.1, 0.15) is 0 Å². The van der Waals surface area contributed by atoms with Crippen LogP contribution in [-0.2, 0) is 16.6 Å². The van der Waals surface area contributed by atoms with Crippen LogP contribution < -0.4 is 5.32 Å². The molecule has 20 heavy (non-hydrogen) atoms. The van der Waals surface area contributed by atoms with Gasteiger partial charge in [0, 0.05) is 30.4 Å².